The van der Waals surface area contributed by atoms with Gasteiger partial charge in [0.2, 0.25) is 12.4 Å². The number of hydrogen-bond donors (Lipinski definition) is 2. The van der Waals surface area contributed by atoms with Crippen LogP contribution in [0, 0.1) is 50.2 Å². The molecule has 2 N–H and O–H groups in total. The smallest absolute Gasteiger partial charge is 0.315 e. The Labute approximate surface area is 403 Å². The van der Waals surface area contributed by atoms with E-state index in [9.17, 15) is 43.8 Å². The molecule has 6 rings (SSSR count). The summed E-state index contributed by atoms with van der Waals surface area (Å²) in [6, 6.07) is 0. The van der Waals surface area contributed by atoms with E-state index >= 15 is 4.79 Å². The molecule has 0 aromatic carbocycles. The number of ether oxygens (including phenoxy) is 9. The molecule has 19 nitrogen and oxygen atoms in total. The summed E-state index contributed by atoms with van der Waals surface area (Å²) < 4.78 is 52.1. The number of carbonyl (C=O) groups is 8. The predicted octanol–water partition coefficient (Wildman–Crippen LogP) is 4.37. The second-order valence-electron chi connectivity index (χ2n) is 22.2. The topological polar surface area (TPSA) is 260 Å². The Balaban J connectivity index is 1.45. The molecule has 0 aromatic rings. The predicted molar refractivity (Wildman–Crippen MR) is 237 cm³/mol. The fraction of sp³-hybridized carbons (Fsp3) is 0.800. The summed E-state index contributed by atoms with van der Waals surface area (Å²) in [6.07, 6.45) is -7.88. The van der Waals surface area contributed by atoms with E-state index in [2.05, 4.69) is 19.9 Å². The lowest BCUT2D eigenvalue weighted by Gasteiger charge is -2.72. The van der Waals surface area contributed by atoms with Crippen LogP contribution in [0.4, 0.5) is 0 Å². The third kappa shape index (κ3) is 9.52. The Morgan fingerprint density at radius 1 is 0.638 bits per heavy atom. The van der Waals surface area contributed by atoms with Crippen LogP contribution >= 0.6 is 0 Å². The molecular weight excluding hydrogens is 905 g/mol. The first-order valence-corrected chi connectivity index (χ1v) is 23.9. The van der Waals surface area contributed by atoms with Gasteiger partial charge in [0.1, 0.15) is 31.5 Å². The van der Waals surface area contributed by atoms with E-state index in [0.717, 1.165) is 33.3 Å². The standard InChI is InChI=1S/C50H72O19/c1-24(51)61-22-34-37(64-27(4)54)38(65-28(5)55)39(66-29(6)56)43(68-34)69-44(60)50-18-16-45(8,9)41(59)36(50)31-14-15-35-46(10)21-33(63-26(3)53)42(67-30(7)57)47(11,23-62-25(2)52)40(46)32(58)20-49(35,13)48(31,12)17-19-50/h14,32-43,58-59H,15-23H2,1-13H3/t32-,33+,34-,35+,36-,37-,38+,39-,40+,41+,42-,43+,46-,47+,48-,49-,50+/m1/s1. The normalized spacial score (nSPS) is 41.9. The van der Waals surface area contributed by atoms with Gasteiger partial charge >= 0.3 is 47.8 Å². The van der Waals surface area contributed by atoms with E-state index in [-0.39, 0.29) is 38.2 Å². The minimum Gasteiger partial charge on any atom is -0.465 e. The third-order valence-electron chi connectivity index (χ3n) is 17.2. The van der Waals surface area contributed by atoms with Crippen LogP contribution in [0.3, 0.4) is 0 Å². The van der Waals surface area contributed by atoms with Crippen molar-refractivity contribution >= 4 is 47.8 Å². The van der Waals surface area contributed by atoms with Crippen molar-refractivity contribution in [3.63, 3.8) is 0 Å². The van der Waals surface area contributed by atoms with Crippen LogP contribution in [0.25, 0.3) is 0 Å². The maximum Gasteiger partial charge on any atom is 0.315 e. The van der Waals surface area contributed by atoms with Gasteiger partial charge in [-0.1, -0.05) is 53.2 Å². The summed E-state index contributed by atoms with van der Waals surface area (Å²) >= 11 is 0. The lowest BCUT2D eigenvalue weighted by Crippen LogP contribution is -2.72. The molecule has 1 heterocycles. The van der Waals surface area contributed by atoms with Crippen LogP contribution in [0.5, 0.6) is 0 Å². The summed E-state index contributed by atoms with van der Waals surface area (Å²) in [5.41, 5.74) is -4.86. The maximum absolute atomic E-state index is 15.4. The van der Waals surface area contributed by atoms with Crippen LogP contribution in [-0.4, -0.2) is 126 Å². The quantitative estimate of drug-likeness (QED) is 0.165. The Hall–Kier alpha value is -4.62. The summed E-state index contributed by atoms with van der Waals surface area (Å²) in [5, 5.41) is 25.4. The van der Waals surface area contributed by atoms with E-state index in [4.69, 9.17) is 42.6 Å². The lowest BCUT2D eigenvalue weighted by atomic mass is 9.32. The van der Waals surface area contributed by atoms with Crippen LogP contribution in [0.15, 0.2) is 11.6 Å². The van der Waals surface area contributed by atoms with Gasteiger partial charge in [-0.15, -0.1) is 0 Å². The number of hydrogen-bond acceptors (Lipinski definition) is 19. The van der Waals surface area contributed by atoms with Gasteiger partial charge in [0.25, 0.3) is 0 Å². The highest BCUT2D eigenvalue weighted by atomic mass is 16.7. The fourth-order valence-corrected chi connectivity index (χ4v) is 14.3. The van der Waals surface area contributed by atoms with Crippen molar-refractivity contribution in [1.29, 1.82) is 0 Å². The van der Waals surface area contributed by atoms with Gasteiger partial charge in [-0.2, -0.15) is 0 Å². The Bertz CT molecular complexity index is 2120. The Morgan fingerprint density at radius 2 is 1.19 bits per heavy atom. The molecule has 6 aliphatic rings. The van der Waals surface area contributed by atoms with Gasteiger partial charge < -0.3 is 52.8 Å². The summed E-state index contributed by atoms with van der Waals surface area (Å²) in [6.45, 7) is 19.4. The van der Waals surface area contributed by atoms with Crippen LogP contribution in [0.1, 0.15) is 135 Å². The highest BCUT2D eigenvalue weighted by Crippen LogP contribution is 2.76. The molecule has 1 aliphatic heterocycles. The van der Waals surface area contributed by atoms with Gasteiger partial charge in [-0.3, -0.25) is 38.4 Å². The monoisotopic (exact) mass is 976 g/mol. The largest absolute Gasteiger partial charge is 0.465 e. The average Bonchev–Trinajstić information content (AvgIpc) is 3.20. The maximum atomic E-state index is 15.4. The Kier molecular flexibility index (Phi) is 14.9. The summed E-state index contributed by atoms with van der Waals surface area (Å²) in [4.78, 5) is 103. The minimum absolute atomic E-state index is 0.191. The zero-order chi connectivity index (χ0) is 51.6. The van der Waals surface area contributed by atoms with Gasteiger partial charge in [0.05, 0.1) is 17.6 Å². The third-order valence-corrected chi connectivity index (χ3v) is 17.2. The molecule has 17 atom stereocenters. The fourth-order valence-electron chi connectivity index (χ4n) is 14.3. The molecular formula is C50H72O19. The molecule has 4 saturated carbocycles. The van der Waals surface area contributed by atoms with E-state index in [1.165, 1.54) is 20.8 Å². The van der Waals surface area contributed by atoms with E-state index < -0.39 is 154 Å². The van der Waals surface area contributed by atoms with Crippen molar-refractivity contribution in [1.82, 2.24) is 0 Å². The molecule has 0 spiro atoms. The zero-order valence-electron chi connectivity index (χ0n) is 42.2. The molecule has 0 radical (unpaired) electrons. The first kappa shape index (κ1) is 53.7. The second-order valence-corrected chi connectivity index (χ2v) is 22.2. The van der Waals surface area contributed by atoms with Gasteiger partial charge in [-0.05, 0) is 72.5 Å². The van der Waals surface area contributed by atoms with Crippen molar-refractivity contribution in [3.05, 3.63) is 11.6 Å². The lowest BCUT2D eigenvalue weighted by molar-refractivity contribution is -0.306. The molecule has 19 heteroatoms. The molecule has 5 fully saturated rings. The molecule has 0 aromatic heterocycles. The molecule has 5 aliphatic carbocycles. The minimum atomic E-state index is -1.78. The average molecular weight is 977 g/mol. The molecule has 0 unspecified atom stereocenters. The van der Waals surface area contributed by atoms with E-state index in [0.29, 0.717) is 19.3 Å². The number of esters is 8. The van der Waals surface area contributed by atoms with Crippen molar-refractivity contribution < 1.29 is 91.2 Å². The van der Waals surface area contributed by atoms with Crippen LogP contribution < -0.4 is 0 Å². The van der Waals surface area contributed by atoms with Gasteiger partial charge in [-0.25, -0.2) is 0 Å². The van der Waals surface area contributed by atoms with Gasteiger partial charge in [0.15, 0.2) is 12.2 Å². The van der Waals surface area contributed by atoms with Crippen LogP contribution in [0.2, 0.25) is 0 Å². The van der Waals surface area contributed by atoms with Crippen molar-refractivity contribution in [2.45, 2.75) is 190 Å². The highest BCUT2D eigenvalue weighted by Gasteiger charge is 2.75. The number of allylic oxidation sites excluding steroid dienone is 1. The second kappa shape index (κ2) is 19.2. The van der Waals surface area contributed by atoms with Crippen molar-refractivity contribution in [2.75, 3.05) is 13.2 Å². The van der Waals surface area contributed by atoms with Crippen molar-refractivity contribution in [3.8, 4) is 0 Å². The number of carbonyl (C=O) groups excluding carboxylic acids is 8. The molecule has 0 bridgehead atoms. The zero-order valence-corrected chi connectivity index (χ0v) is 42.2. The molecule has 69 heavy (non-hydrogen) atoms. The van der Waals surface area contributed by atoms with E-state index in [1.807, 2.05) is 20.8 Å². The summed E-state index contributed by atoms with van der Waals surface area (Å²) in [5.74, 6) is -7.56. The SMILES string of the molecule is CC(=O)OC[C@H]1O[C@@H](OC(=O)[C@]23CCC(C)(C)[C@@H](O)[C@H]2C2=CC[C@H]4[C@@]5(C)C[C@H](OC(C)=O)[C@@H](OC(C)=O)[C@@](C)(COC(C)=O)[C@H]5[C@H](O)C[C@@]4(C)[C@]2(C)CC3)[C@H](OC(C)=O)[C@@H](OC(C)=O)[C@@H]1OC(C)=O. The summed E-state index contributed by atoms with van der Waals surface area (Å²) in [7, 11) is 0. The van der Waals surface area contributed by atoms with Crippen molar-refractivity contribution in [2.24, 2.45) is 50.2 Å². The Morgan fingerprint density at radius 3 is 1.75 bits per heavy atom. The van der Waals surface area contributed by atoms with Gasteiger partial charge in [0, 0.05) is 65.7 Å². The highest BCUT2D eigenvalue weighted by molar-refractivity contribution is 5.79. The molecule has 0 amide bonds. The molecule has 386 valence electrons. The molecule has 1 saturated heterocycles. The van der Waals surface area contributed by atoms with Crippen LogP contribution in [-0.2, 0) is 81.0 Å². The number of aliphatic hydroxyl groups is 2. The number of rotatable bonds is 11. The number of fused-ring (bicyclic) bond motifs is 7. The van der Waals surface area contributed by atoms with E-state index in [1.54, 1.807) is 6.92 Å². The first-order chi connectivity index (χ1) is 31.9. The number of aliphatic hydroxyl groups excluding tert-OH is 2. The first-order valence-electron chi connectivity index (χ1n) is 23.9.